The van der Waals surface area contributed by atoms with Gasteiger partial charge in [-0.15, -0.1) is 0 Å². The van der Waals surface area contributed by atoms with Crippen LogP contribution in [0.25, 0.3) is 11.0 Å². The van der Waals surface area contributed by atoms with Crippen molar-refractivity contribution in [2.24, 2.45) is 0 Å². The van der Waals surface area contributed by atoms with E-state index in [1.807, 2.05) is 30.3 Å². The SMILES string of the molecule is N#Cc1ccc(C[C@@H](Nc2nc(NCc3nc4ccc(F)cc4[nH]3)nc(Nc3cccc(CN4CCN(C(=O)c5ncc[nH]c5=O)CC4)c3)n2)C(=O)O)cc1. The van der Waals surface area contributed by atoms with Gasteiger partial charge >= 0.3 is 5.97 Å². The first kappa shape index (κ1) is 36.1. The van der Waals surface area contributed by atoms with Gasteiger partial charge in [-0.25, -0.2) is 19.2 Å². The number of rotatable bonds is 13. The zero-order chi connectivity index (χ0) is 38.3. The number of carbonyl (C=O) groups is 2. The standard InChI is InChI=1S/C37H34FN13O4/c38-25-8-9-27-28(18-25)45-30(44-27)20-42-35-47-36(49-37(48-35)46-29(34(54)55)17-22-4-6-23(19-39)7-5-22)43-26-3-1-2-24(16-26)21-50-12-14-51(15-13-50)33(53)31-32(52)41-11-10-40-31/h1-11,16,18,29H,12-15,17,20-21H2,(H,41,52)(H,44,45)(H,54,55)(H3,42,43,46,47,48,49)/t29-/m1/s1. The Morgan fingerprint density at radius 2 is 1.73 bits per heavy atom. The molecule has 6 aromatic rings. The molecule has 6 N–H and O–H groups in total. The number of piperazine rings is 1. The Hall–Kier alpha value is -7.26. The molecule has 1 atom stereocenters. The van der Waals surface area contributed by atoms with Crippen LogP contribution in [-0.4, -0.2) is 93.9 Å². The fourth-order valence-electron chi connectivity index (χ4n) is 6.06. The Kier molecular flexibility index (Phi) is 10.6. The number of amides is 1. The average Bonchev–Trinajstić information content (AvgIpc) is 3.59. The Labute approximate surface area is 312 Å². The first-order valence-electron chi connectivity index (χ1n) is 17.2. The number of aliphatic carboxylic acids is 1. The fourth-order valence-corrected chi connectivity index (χ4v) is 6.06. The number of carboxylic acid groups (broad SMARTS) is 1. The summed E-state index contributed by atoms with van der Waals surface area (Å²) < 4.78 is 13.8. The minimum atomic E-state index is -1.13. The van der Waals surface area contributed by atoms with E-state index in [2.05, 4.69) is 55.7 Å². The molecule has 0 spiro atoms. The van der Waals surface area contributed by atoms with E-state index in [1.54, 1.807) is 35.2 Å². The average molecular weight is 744 g/mol. The number of nitriles is 1. The maximum Gasteiger partial charge on any atom is 0.326 e. The zero-order valence-corrected chi connectivity index (χ0v) is 29.2. The number of hydrogen-bond acceptors (Lipinski definition) is 13. The summed E-state index contributed by atoms with van der Waals surface area (Å²) in [6.07, 6.45) is 2.85. The van der Waals surface area contributed by atoms with Crippen molar-refractivity contribution in [3.05, 3.63) is 124 Å². The lowest BCUT2D eigenvalue weighted by molar-refractivity contribution is -0.137. The van der Waals surface area contributed by atoms with Gasteiger partial charge in [0.05, 0.1) is 29.2 Å². The Balaban J connectivity index is 1.06. The molecule has 278 valence electrons. The number of anilines is 4. The molecule has 1 aliphatic heterocycles. The summed E-state index contributed by atoms with van der Waals surface area (Å²) in [5.41, 5.74) is 3.27. The van der Waals surface area contributed by atoms with Crippen LogP contribution >= 0.6 is 0 Å². The second-order valence-corrected chi connectivity index (χ2v) is 12.7. The van der Waals surface area contributed by atoms with Crippen molar-refractivity contribution in [3.8, 4) is 6.07 Å². The Bertz CT molecular complexity index is 2440. The van der Waals surface area contributed by atoms with E-state index in [4.69, 9.17) is 5.26 Å². The predicted molar refractivity (Wildman–Crippen MR) is 199 cm³/mol. The second-order valence-electron chi connectivity index (χ2n) is 12.7. The van der Waals surface area contributed by atoms with Crippen molar-refractivity contribution < 1.29 is 19.1 Å². The molecule has 0 saturated carbocycles. The molecule has 17 nitrogen and oxygen atoms in total. The molecule has 18 heteroatoms. The highest BCUT2D eigenvalue weighted by Gasteiger charge is 2.25. The van der Waals surface area contributed by atoms with Crippen molar-refractivity contribution in [2.75, 3.05) is 42.1 Å². The topological polar surface area (TPSA) is 234 Å². The van der Waals surface area contributed by atoms with E-state index in [0.717, 1.165) is 5.56 Å². The van der Waals surface area contributed by atoms with Gasteiger partial charge in [-0.3, -0.25) is 14.5 Å². The fraction of sp³-hybridized carbons (Fsp3) is 0.216. The maximum absolute atomic E-state index is 13.8. The van der Waals surface area contributed by atoms with Crippen molar-refractivity contribution in [3.63, 3.8) is 0 Å². The molecule has 1 amide bonds. The second kappa shape index (κ2) is 16.2. The summed E-state index contributed by atoms with van der Waals surface area (Å²) in [6.45, 7) is 2.81. The molecule has 0 radical (unpaired) electrons. The number of nitrogens with one attached hydrogen (secondary N) is 5. The van der Waals surface area contributed by atoms with Gasteiger partial charge in [0.15, 0.2) is 5.69 Å². The van der Waals surface area contributed by atoms with Crippen molar-refractivity contribution >= 4 is 46.4 Å². The molecule has 3 aromatic carbocycles. The molecule has 3 aromatic heterocycles. The molecule has 1 fully saturated rings. The van der Waals surface area contributed by atoms with E-state index in [0.29, 0.717) is 66.4 Å². The van der Waals surface area contributed by atoms with Gasteiger partial charge in [0.25, 0.3) is 11.5 Å². The molecule has 0 bridgehead atoms. The number of benzene rings is 3. The van der Waals surface area contributed by atoms with Gasteiger partial charge in [0.1, 0.15) is 17.7 Å². The van der Waals surface area contributed by atoms with Crippen molar-refractivity contribution in [1.29, 1.82) is 5.26 Å². The summed E-state index contributed by atoms with van der Waals surface area (Å²) in [4.78, 5) is 68.5. The van der Waals surface area contributed by atoms with Crippen LogP contribution in [0.1, 0.15) is 33.0 Å². The molecule has 1 aliphatic rings. The third-order valence-corrected chi connectivity index (χ3v) is 8.83. The van der Waals surface area contributed by atoms with Gasteiger partial charge in [0, 0.05) is 57.2 Å². The van der Waals surface area contributed by atoms with E-state index in [-0.39, 0.29) is 36.5 Å². The van der Waals surface area contributed by atoms with Crippen LogP contribution in [0.2, 0.25) is 0 Å². The Morgan fingerprint density at radius 1 is 0.945 bits per heavy atom. The van der Waals surface area contributed by atoms with Gasteiger partial charge in [0.2, 0.25) is 17.8 Å². The first-order chi connectivity index (χ1) is 26.7. The highest BCUT2D eigenvalue weighted by atomic mass is 19.1. The predicted octanol–water partition coefficient (Wildman–Crippen LogP) is 3.26. The molecule has 7 rings (SSSR count). The minimum Gasteiger partial charge on any atom is -0.480 e. The summed E-state index contributed by atoms with van der Waals surface area (Å²) in [5, 5.41) is 28.4. The molecule has 0 unspecified atom stereocenters. The number of carbonyl (C=O) groups excluding carboxylic acids is 1. The Morgan fingerprint density at radius 3 is 2.49 bits per heavy atom. The number of hydrogen-bond donors (Lipinski definition) is 6. The number of imidazole rings is 1. The smallest absolute Gasteiger partial charge is 0.326 e. The van der Waals surface area contributed by atoms with E-state index < -0.39 is 29.3 Å². The van der Waals surface area contributed by atoms with Crippen LogP contribution in [0.3, 0.4) is 0 Å². The normalized spacial score (nSPS) is 13.6. The molecule has 55 heavy (non-hydrogen) atoms. The van der Waals surface area contributed by atoms with Crippen LogP contribution in [0.4, 0.5) is 27.9 Å². The van der Waals surface area contributed by atoms with Gasteiger partial charge in [-0.05, 0) is 53.6 Å². The third kappa shape index (κ3) is 9.04. The highest BCUT2D eigenvalue weighted by Crippen LogP contribution is 2.21. The lowest BCUT2D eigenvalue weighted by atomic mass is 10.0. The number of halogens is 1. The number of aromatic amines is 2. The van der Waals surface area contributed by atoms with Crippen LogP contribution in [-0.2, 0) is 24.3 Å². The number of aromatic nitrogens is 7. The van der Waals surface area contributed by atoms with E-state index in [1.165, 1.54) is 24.5 Å². The van der Waals surface area contributed by atoms with Gasteiger partial charge in [-0.1, -0.05) is 24.3 Å². The summed E-state index contributed by atoms with van der Waals surface area (Å²) in [5.74, 6) is -1.20. The largest absolute Gasteiger partial charge is 0.480 e. The maximum atomic E-state index is 13.8. The van der Waals surface area contributed by atoms with Crippen LogP contribution in [0.15, 0.2) is 83.9 Å². The molecular formula is C37H34FN13O4. The van der Waals surface area contributed by atoms with Crippen LogP contribution < -0.4 is 21.5 Å². The van der Waals surface area contributed by atoms with Crippen molar-refractivity contribution in [1.82, 2.24) is 44.7 Å². The van der Waals surface area contributed by atoms with Crippen LogP contribution in [0.5, 0.6) is 0 Å². The lowest BCUT2D eigenvalue weighted by Crippen LogP contribution is -2.49. The monoisotopic (exact) mass is 743 g/mol. The molecule has 4 heterocycles. The highest BCUT2D eigenvalue weighted by molar-refractivity contribution is 5.92. The summed E-state index contributed by atoms with van der Waals surface area (Å²) in [6, 6.07) is 19.4. The molecule has 1 saturated heterocycles. The molecular weight excluding hydrogens is 709 g/mol. The minimum absolute atomic E-state index is 0.0102. The number of fused-ring (bicyclic) bond motifs is 1. The van der Waals surface area contributed by atoms with E-state index >= 15 is 0 Å². The third-order valence-electron chi connectivity index (χ3n) is 8.83. The quantitative estimate of drug-likeness (QED) is 0.0997. The van der Waals surface area contributed by atoms with Crippen molar-refractivity contribution in [2.45, 2.75) is 25.6 Å². The van der Waals surface area contributed by atoms with E-state index in [9.17, 15) is 23.9 Å². The summed E-state index contributed by atoms with van der Waals surface area (Å²) in [7, 11) is 0. The lowest BCUT2D eigenvalue weighted by Gasteiger charge is -2.34. The summed E-state index contributed by atoms with van der Waals surface area (Å²) >= 11 is 0. The molecule has 0 aliphatic carbocycles. The zero-order valence-electron chi connectivity index (χ0n) is 29.2. The van der Waals surface area contributed by atoms with Gasteiger partial charge < -0.3 is 35.9 Å². The van der Waals surface area contributed by atoms with Gasteiger partial charge in [-0.2, -0.15) is 20.2 Å². The number of nitrogens with zero attached hydrogens (tertiary/aromatic N) is 8. The number of H-pyrrole nitrogens is 2. The first-order valence-corrected chi connectivity index (χ1v) is 17.2. The van der Waals surface area contributed by atoms with Crippen LogP contribution in [0, 0.1) is 17.1 Å². The number of carboxylic acids is 1.